The summed E-state index contributed by atoms with van der Waals surface area (Å²) in [7, 11) is 1.39. The van der Waals surface area contributed by atoms with E-state index in [4.69, 9.17) is 4.74 Å². The molecule has 1 atom stereocenters. The number of fused-ring (bicyclic) bond motifs is 1. The Kier molecular flexibility index (Phi) is 3.99. The summed E-state index contributed by atoms with van der Waals surface area (Å²) in [4.78, 5) is 27.9. The fraction of sp³-hybridized carbons (Fsp3) is 0.176. The van der Waals surface area contributed by atoms with Gasteiger partial charge in [-0.2, -0.15) is 0 Å². The number of hydrogen-bond acceptors (Lipinski definition) is 4. The average molecular weight is 312 g/mol. The second kappa shape index (κ2) is 6.10. The molecule has 1 unspecified atom stereocenters. The van der Waals surface area contributed by atoms with Crippen LogP contribution in [-0.4, -0.2) is 25.0 Å². The molecule has 0 aliphatic carbocycles. The topological polar surface area (TPSA) is 76.7 Å². The van der Waals surface area contributed by atoms with Gasteiger partial charge in [-0.05, 0) is 42.3 Å². The molecule has 0 saturated carbocycles. The molecular weight excluding hydrogens is 296 g/mol. The van der Waals surface area contributed by atoms with Crippen molar-refractivity contribution in [2.75, 3.05) is 12.4 Å². The second-order valence-electron chi connectivity index (χ2n) is 5.17. The van der Waals surface area contributed by atoms with Gasteiger partial charge in [-0.25, -0.2) is 5.48 Å². The molecule has 0 fully saturated rings. The minimum atomic E-state index is -0.494. The van der Waals surface area contributed by atoms with Crippen LogP contribution in [-0.2, 0) is 9.63 Å². The van der Waals surface area contributed by atoms with Gasteiger partial charge in [-0.15, -0.1) is 0 Å². The Hall–Kier alpha value is -2.86. The SMILES string of the molecule is CONC(=O)c1ccc(-c2ccc3c(c2)NC(=O)C(C)O3)cc1. The van der Waals surface area contributed by atoms with E-state index in [9.17, 15) is 9.59 Å². The molecule has 1 aliphatic heterocycles. The van der Waals surface area contributed by atoms with Crippen LogP contribution < -0.4 is 15.5 Å². The summed E-state index contributed by atoms with van der Waals surface area (Å²) < 4.78 is 5.53. The lowest BCUT2D eigenvalue weighted by atomic mass is 10.0. The maximum absolute atomic E-state index is 11.7. The Morgan fingerprint density at radius 3 is 2.57 bits per heavy atom. The van der Waals surface area contributed by atoms with Crippen molar-refractivity contribution >= 4 is 17.5 Å². The zero-order valence-electron chi connectivity index (χ0n) is 12.8. The monoisotopic (exact) mass is 312 g/mol. The van der Waals surface area contributed by atoms with E-state index in [1.165, 1.54) is 7.11 Å². The van der Waals surface area contributed by atoms with Crippen LogP contribution in [0, 0.1) is 0 Å². The predicted molar refractivity (Wildman–Crippen MR) is 85.1 cm³/mol. The standard InChI is InChI=1S/C17H16N2O4/c1-10-16(20)18-14-9-13(7-8-15(14)23-10)11-3-5-12(6-4-11)17(21)19-22-2/h3-10H,1-2H3,(H,18,20)(H,19,21). The summed E-state index contributed by atoms with van der Waals surface area (Å²) in [6, 6.07) is 12.7. The molecule has 118 valence electrons. The number of nitrogens with one attached hydrogen (secondary N) is 2. The molecule has 1 aliphatic rings. The summed E-state index contributed by atoms with van der Waals surface area (Å²) in [6.45, 7) is 1.70. The normalized spacial score (nSPS) is 16.1. The van der Waals surface area contributed by atoms with Crippen LogP contribution in [0.15, 0.2) is 42.5 Å². The maximum atomic E-state index is 11.7. The van der Waals surface area contributed by atoms with Crippen LogP contribution in [0.1, 0.15) is 17.3 Å². The summed E-state index contributed by atoms with van der Waals surface area (Å²) in [5.74, 6) is 0.178. The Labute approximate surface area is 133 Å². The first-order chi connectivity index (χ1) is 11.1. The Bertz CT molecular complexity index is 756. The van der Waals surface area contributed by atoms with Crippen LogP contribution in [0.4, 0.5) is 5.69 Å². The van der Waals surface area contributed by atoms with E-state index in [2.05, 4.69) is 15.6 Å². The number of carbonyl (C=O) groups excluding carboxylic acids is 2. The quantitative estimate of drug-likeness (QED) is 0.853. The van der Waals surface area contributed by atoms with Crippen LogP contribution in [0.25, 0.3) is 11.1 Å². The van der Waals surface area contributed by atoms with Crippen molar-refractivity contribution in [2.45, 2.75) is 13.0 Å². The highest BCUT2D eigenvalue weighted by atomic mass is 16.6. The predicted octanol–water partition coefficient (Wildman–Crippen LogP) is 2.36. The lowest BCUT2D eigenvalue weighted by Crippen LogP contribution is -2.34. The molecular formula is C17H16N2O4. The number of hydrogen-bond donors (Lipinski definition) is 2. The number of carbonyl (C=O) groups is 2. The van der Waals surface area contributed by atoms with Gasteiger partial charge in [0.1, 0.15) is 5.75 Å². The number of benzene rings is 2. The van der Waals surface area contributed by atoms with Gasteiger partial charge in [0.05, 0.1) is 12.8 Å². The van der Waals surface area contributed by atoms with Crippen molar-refractivity contribution in [3.05, 3.63) is 48.0 Å². The van der Waals surface area contributed by atoms with Gasteiger partial charge in [0.25, 0.3) is 11.8 Å². The molecule has 0 bridgehead atoms. The van der Waals surface area contributed by atoms with Crippen LogP contribution in [0.2, 0.25) is 0 Å². The summed E-state index contributed by atoms with van der Waals surface area (Å²) in [6.07, 6.45) is -0.494. The van der Waals surface area contributed by atoms with E-state index in [0.29, 0.717) is 17.0 Å². The van der Waals surface area contributed by atoms with Gasteiger partial charge in [-0.3, -0.25) is 14.4 Å². The number of ether oxygens (including phenoxy) is 1. The minimum absolute atomic E-state index is 0.166. The second-order valence-corrected chi connectivity index (χ2v) is 5.17. The van der Waals surface area contributed by atoms with Crippen LogP contribution in [0.3, 0.4) is 0 Å². The molecule has 0 saturated heterocycles. The third-order valence-electron chi connectivity index (χ3n) is 3.59. The van der Waals surface area contributed by atoms with E-state index < -0.39 is 6.10 Å². The molecule has 2 N–H and O–H groups in total. The van der Waals surface area contributed by atoms with Crippen molar-refractivity contribution in [1.82, 2.24) is 5.48 Å². The van der Waals surface area contributed by atoms with E-state index >= 15 is 0 Å². The van der Waals surface area contributed by atoms with E-state index in [1.54, 1.807) is 19.1 Å². The highest BCUT2D eigenvalue weighted by Crippen LogP contribution is 2.34. The Balaban J connectivity index is 1.86. The molecule has 0 spiro atoms. The zero-order chi connectivity index (χ0) is 16.4. The summed E-state index contributed by atoms with van der Waals surface area (Å²) in [5, 5.41) is 2.82. The maximum Gasteiger partial charge on any atom is 0.274 e. The first-order valence-electron chi connectivity index (χ1n) is 7.14. The van der Waals surface area contributed by atoms with Crippen molar-refractivity contribution < 1.29 is 19.2 Å². The van der Waals surface area contributed by atoms with Gasteiger partial charge < -0.3 is 10.1 Å². The van der Waals surface area contributed by atoms with E-state index in [-0.39, 0.29) is 11.8 Å². The van der Waals surface area contributed by atoms with Crippen molar-refractivity contribution in [3.63, 3.8) is 0 Å². The van der Waals surface area contributed by atoms with Crippen molar-refractivity contribution in [1.29, 1.82) is 0 Å². The largest absolute Gasteiger partial charge is 0.479 e. The number of amides is 2. The third-order valence-corrected chi connectivity index (χ3v) is 3.59. The molecule has 2 aromatic carbocycles. The average Bonchev–Trinajstić information content (AvgIpc) is 2.56. The lowest BCUT2D eigenvalue weighted by Gasteiger charge is -2.23. The third kappa shape index (κ3) is 3.02. The van der Waals surface area contributed by atoms with Gasteiger partial charge >= 0.3 is 0 Å². The molecule has 2 aromatic rings. The highest BCUT2D eigenvalue weighted by Gasteiger charge is 2.23. The first-order valence-corrected chi connectivity index (χ1v) is 7.14. The fourth-order valence-electron chi connectivity index (χ4n) is 2.35. The van der Waals surface area contributed by atoms with Gasteiger partial charge in [0.2, 0.25) is 0 Å². The lowest BCUT2D eigenvalue weighted by molar-refractivity contribution is -0.122. The molecule has 2 amide bonds. The van der Waals surface area contributed by atoms with Gasteiger partial charge in [0.15, 0.2) is 6.10 Å². The fourth-order valence-corrected chi connectivity index (χ4v) is 2.35. The molecule has 0 radical (unpaired) electrons. The smallest absolute Gasteiger partial charge is 0.274 e. The van der Waals surface area contributed by atoms with Crippen molar-refractivity contribution in [3.8, 4) is 16.9 Å². The number of hydroxylamine groups is 1. The highest BCUT2D eigenvalue weighted by molar-refractivity contribution is 5.98. The number of rotatable bonds is 3. The Morgan fingerprint density at radius 2 is 1.87 bits per heavy atom. The number of anilines is 1. The zero-order valence-corrected chi connectivity index (χ0v) is 12.8. The van der Waals surface area contributed by atoms with Gasteiger partial charge in [0, 0.05) is 5.56 Å². The van der Waals surface area contributed by atoms with E-state index in [0.717, 1.165) is 11.1 Å². The van der Waals surface area contributed by atoms with Crippen molar-refractivity contribution in [2.24, 2.45) is 0 Å². The molecule has 1 heterocycles. The first kappa shape index (κ1) is 15.1. The summed E-state index contributed by atoms with van der Waals surface area (Å²) in [5.41, 5.74) is 5.26. The molecule has 6 heteroatoms. The molecule has 0 aromatic heterocycles. The van der Waals surface area contributed by atoms with Gasteiger partial charge in [-0.1, -0.05) is 18.2 Å². The van der Waals surface area contributed by atoms with Crippen LogP contribution >= 0.6 is 0 Å². The van der Waals surface area contributed by atoms with Crippen LogP contribution in [0.5, 0.6) is 5.75 Å². The molecule has 23 heavy (non-hydrogen) atoms. The Morgan fingerprint density at radius 1 is 1.17 bits per heavy atom. The molecule has 3 rings (SSSR count). The van der Waals surface area contributed by atoms with E-state index in [1.807, 2.05) is 30.3 Å². The molecule has 6 nitrogen and oxygen atoms in total. The minimum Gasteiger partial charge on any atom is -0.479 e. The summed E-state index contributed by atoms with van der Waals surface area (Å²) >= 11 is 0.